The van der Waals surface area contributed by atoms with Gasteiger partial charge in [0.2, 0.25) is 0 Å². The highest BCUT2D eigenvalue weighted by Gasteiger charge is 2.33. The van der Waals surface area contributed by atoms with Crippen molar-refractivity contribution in [3.63, 3.8) is 0 Å². The van der Waals surface area contributed by atoms with Crippen molar-refractivity contribution in [1.82, 2.24) is 0 Å². The lowest BCUT2D eigenvalue weighted by molar-refractivity contribution is 0.383. The molecule has 1 rings (SSSR count). The van der Waals surface area contributed by atoms with Crippen molar-refractivity contribution < 1.29 is 13.2 Å². The molecule has 84 valence electrons. The average molecular weight is 298 g/mol. The molecule has 0 saturated heterocycles. The van der Waals surface area contributed by atoms with Crippen molar-refractivity contribution in [3.8, 4) is 0 Å². The van der Waals surface area contributed by atoms with Crippen LogP contribution in [0.2, 0.25) is 0 Å². The van der Waals surface area contributed by atoms with Crippen molar-refractivity contribution in [2.45, 2.75) is 9.17 Å². The van der Waals surface area contributed by atoms with E-state index in [9.17, 15) is 13.2 Å². The van der Waals surface area contributed by atoms with E-state index in [4.69, 9.17) is 46.4 Å². The van der Waals surface area contributed by atoms with Crippen molar-refractivity contribution >= 4 is 46.4 Å². The van der Waals surface area contributed by atoms with E-state index in [1.165, 1.54) is 0 Å². The second kappa shape index (κ2) is 4.21. The van der Waals surface area contributed by atoms with Gasteiger partial charge in [0.15, 0.2) is 0 Å². The summed E-state index contributed by atoms with van der Waals surface area (Å²) < 4.78 is 33.4. The fraction of sp³-hybridized carbons (Fsp3) is 0.250. The predicted molar refractivity (Wildman–Crippen MR) is 55.4 cm³/mol. The monoisotopic (exact) mass is 296 g/mol. The smallest absolute Gasteiger partial charge is 0.206 e. The molecule has 0 saturated carbocycles. The normalized spacial score (nSPS) is 13.0. The highest BCUT2D eigenvalue weighted by Crippen LogP contribution is 2.41. The summed E-state index contributed by atoms with van der Waals surface area (Å²) in [6, 6.07) is 2.44. The van der Waals surface area contributed by atoms with Crippen molar-refractivity contribution in [2.24, 2.45) is 0 Å². The standard InChI is InChI=1S/C8H3Cl4F3/c9-7(10,14)4-1-2-6(13)5(3-4)8(11,12)15/h1-3H. The van der Waals surface area contributed by atoms with Gasteiger partial charge in [0.25, 0.3) is 9.17 Å². The van der Waals surface area contributed by atoms with Gasteiger partial charge in [0.1, 0.15) is 5.82 Å². The van der Waals surface area contributed by atoms with Crippen LogP contribution in [0.4, 0.5) is 13.2 Å². The van der Waals surface area contributed by atoms with Crippen LogP contribution in [0.1, 0.15) is 11.1 Å². The van der Waals surface area contributed by atoms with E-state index in [1.807, 2.05) is 0 Å². The Kier molecular flexibility index (Phi) is 3.71. The second-order valence-corrected chi connectivity index (χ2v) is 5.16. The highest BCUT2D eigenvalue weighted by atomic mass is 35.5. The quantitative estimate of drug-likeness (QED) is 0.678. The first-order valence-corrected chi connectivity index (χ1v) is 5.07. The van der Waals surface area contributed by atoms with Crippen LogP contribution in [0.5, 0.6) is 0 Å². The van der Waals surface area contributed by atoms with Crippen LogP contribution in [0.15, 0.2) is 18.2 Å². The summed E-state index contributed by atoms with van der Waals surface area (Å²) in [6.07, 6.45) is 0. The molecule has 0 atom stereocenters. The Bertz CT molecular complexity index is 367. The summed E-state index contributed by atoms with van der Waals surface area (Å²) in [7, 11) is 0. The zero-order chi connectivity index (χ0) is 11.9. The molecule has 0 unspecified atom stereocenters. The van der Waals surface area contributed by atoms with Gasteiger partial charge < -0.3 is 0 Å². The minimum absolute atomic E-state index is 0.356. The first-order chi connectivity index (χ1) is 6.62. The maximum Gasteiger partial charge on any atom is 0.286 e. The SMILES string of the molecule is Fc1ccc(C(F)(Cl)Cl)cc1C(F)(Cl)Cl. The molecule has 0 aromatic heterocycles. The van der Waals surface area contributed by atoms with E-state index in [-0.39, 0.29) is 5.56 Å². The Balaban J connectivity index is 3.30. The third kappa shape index (κ3) is 3.31. The maximum atomic E-state index is 13.0. The Morgan fingerprint density at radius 1 is 0.933 bits per heavy atom. The molecule has 0 spiro atoms. The third-order valence-corrected chi connectivity index (χ3v) is 2.44. The Morgan fingerprint density at radius 3 is 1.87 bits per heavy atom. The molecule has 0 bridgehead atoms. The molecule has 1 aromatic rings. The lowest BCUT2D eigenvalue weighted by atomic mass is 10.1. The fourth-order valence-electron chi connectivity index (χ4n) is 0.919. The van der Waals surface area contributed by atoms with Crippen LogP contribution >= 0.6 is 46.4 Å². The molecule has 7 heteroatoms. The summed E-state index contributed by atoms with van der Waals surface area (Å²) in [5.74, 6) is -1.02. The van der Waals surface area contributed by atoms with Gasteiger partial charge in [-0.3, -0.25) is 0 Å². The summed E-state index contributed by atoms with van der Waals surface area (Å²) in [4.78, 5) is 0. The zero-order valence-electron chi connectivity index (χ0n) is 6.88. The van der Waals surface area contributed by atoms with Crippen molar-refractivity contribution in [1.29, 1.82) is 0 Å². The minimum Gasteiger partial charge on any atom is -0.206 e. The van der Waals surface area contributed by atoms with Crippen LogP contribution < -0.4 is 0 Å². The second-order valence-electron chi connectivity index (χ2n) is 2.69. The van der Waals surface area contributed by atoms with Gasteiger partial charge in [-0.25, -0.2) is 13.2 Å². The number of alkyl halides is 6. The molecule has 0 fully saturated rings. The van der Waals surface area contributed by atoms with Crippen LogP contribution in [0, 0.1) is 5.82 Å². The first kappa shape index (κ1) is 13.2. The summed E-state index contributed by atoms with van der Waals surface area (Å²) in [6.45, 7) is 0. The van der Waals surface area contributed by atoms with Gasteiger partial charge in [0.05, 0.1) is 5.56 Å². The van der Waals surface area contributed by atoms with Crippen molar-refractivity contribution in [3.05, 3.63) is 35.1 Å². The van der Waals surface area contributed by atoms with Gasteiger partial charge >= 0.3 is 0 Å². The molecule has 0 aliphatic carbocycles. The summed E-state index contributed by atoms with van der Waals surface area (Å²) in [5.41, 5.74) is -1.10. The van der Waals surface area contributed by atoms with Gasteiger partial charge in [-0.1, -0.05) is 52.5 Å². The molecular formula is C8H3Cl4F3. The topological polar surface area (TPSA) is 0 Å². The average Bonchev–Trinajstić information content (AvgIpc) is 2.00. The molecular weight excluding hydrogens is 295 g/mol. The van der Waals surface area contributed by atoms with E-state index in [2.05, 4.69) is 0 Å². The predicted octanol–water partition coefficient (Wildman–Crippen LogP) is 4.94. The Hall–Kier alpha value is 0.170. The number of rotatable bonds is 2. The molecule has 0 aliphatic heterocycles. The van der Waals surface area contributed by atoms with E-state index in [1.54, 1.807) is 0 Å². The van der Waals surface area contributed by atoms with Crippen molar-refractivity contribution in [2.75, 3.05) is 0 Å². The van der Waals surface area contributed by atoms with E-state index in [0.717, 1.165) is 18.2 Å². The number of hydrogen-bond acceptors (Lipinski definition) is 0. The zero-order valence-corrected chi connectivity index (χ0v) is 9.90. The molecule has 0 heterocycles. The van der Waals surface area contributed by atoms with Crippen LogP contribution in [0.25, 0.3) is 0 Å². The largest absolute Gasteiger partial charge is 0.286 e. The fourth-order valence-corrected chi connectivity index (χ4v) is 1.44. The van der Waals surface area contributed by atoms with Gasteiger partial charge in [-0.05, 0) is 12.1 Å². The molecule has 0 nitrogen and oxygen atoms in total. The Labute approximate surface area is 104 Å². The summed E-state index contributed by atoms with van der Waals surface area (Å²) in [5, 5.41) is 0. The van der Waals surface area contributed by atoms with Crippen LogP contribution in [0.3, 0.4) is 0 Å². The third-order valence-electron chi connectivity index (χ3n) is 1.60. The lowest BCUT2D eigenvalue weighted by Gasteiger charge is -2.15. The number of hydrogen-bond donors (Lipinski definition) is 0. The molecule has 0 aliphatic rings. The van der Waals surface area contributed by atoms with Crippen LogP contribution in [-0.4, -0.2) is 0 Å². The van der Waals surface area contributed by atoms with E-state index < -0.39 is 20.6 Å². The summed E-state index contributed by atoms with van der Waals surface area (Å²) >= 11 is 20.3. The number of halogens is 7. The molecule has 15 heavy (non-hydrogen) atoms. The van der Waals surface area contributed by atoms with Gasteiger partial charge in [0, 0.05) is 5.56 Å². The first-order valence-electron chi connectivity index (χ1n) is 3.56. The number of benzene rings is 1. The molecule has 0 N–H and O–H groups in total. The minimum atomic E-state index is -2.97. The van der Waals surface area contributed by atoms with E-state index in [0.29, 0.717) is 0 Å². The van der Waals surface area contributed by atoms with Gasteiger partial charge in [-0.15, -0.1) is 0 Å². The lowest BCUT2D eigenvalue weighted by Crippen LogP contribution is -2.09. The highest BCUT2D eigenvalue weighted by molar-refractivity contribution is 6.47. The van der Waals surface area contributed by atoms with E-state index >= 15 is 0 Å². The maximum absolute atomic E-state index is 13.0. The molecule has 1 aromatic carbocycles. The molecule has 0 radical (unpaired) electrons. The van der Waals surface area contributed by atoms with Crippen LogP contribution in [-0.2, 0) is 9.17 Å². The van der Waals surface area contributed by atoms with Gasteiger partial charge in [-0.2, -0.15) is 0 Å². The Morgan fingerprint density at radius 2 is 1.47 bits per heavy atom. The molecule has 0 amide bonds.